The lowest BCUT2D eigenvalue weighted by Crippen LogP contribution is -2.44. The van der Waals surface area contributed by atoms with Gasteiger partial charge in [0, 0.05) is 0 Å². The monoisotopic (exact) mass is 399 g/mol. The largest absolute Gasteiger partial charge is 0.416 e. The first-order valence-corrected chi connectivity index (χ1v) is 8.14. The fourth-order valence-electron chi connectivity index (χ4n) is 3.01. The number of halogens is 4. The number of nitrogens with two attached hydrogens (primary N) is 1. The highest BCUT2D eigenvalue weighted by atomic mass is 35.5. The average molecular weight is 400 g/mol. The van der Waals surface area contributed by atoms with Crippen LogP contribution in [0.1, 0.15) is 36.3 Å². The Morgan fingerprint density at radius 2 is 2.00 bits per heavy atom. The van der Waals surface area contributed by atoms with Gasteiger partial charge in [-0.3, -0.25) is 0 Å². The van der Waals surface area contributed by atoms with E-state index in [-0.39, 0.29) is 18.3 Å². The van der Waals surface area contributed by atoms with Crippen molar-refractivity contribution in [3.8, 4) is 17.1 Å². The smallest absolute Gasteiger partial charge is 0.334 e. The van der Waals surface area contributed by atoms with Gasteiger partial charge in [-0.25, -0.2) is 4.68 Å². The molecule has 0 bridgehead atoms. The van der Waals surface area contributed by atoms with Crippen molar-refractivity contribution in [3.63, 3.8) is 0 Å². The second-order valence-electron chi connectivity index (χ2n) is 6.54. The number of aromatic nitrogens is 4. The molecule has 3 aromatic rings. The molecule has 1 fully saturated rings. The number of rotatable bonds is 3. The molecule has 4 rings (SSSR count). The van der Waals surface area contributed by atoms with E-state index >= 15 is 0 Å². The number of benzene rings is 1. The summed E-state index contributed by atoms with van der Waals surface area (Å²) in [5.74, 6) is 0.706. The zero-order valence-corrected chi connectivity index (χ0v) is 15.1. The number of nitrogens with zero attached hydrogens (tertiary/aromatic N) is 4. The highest BCUT2D eigenvalue weighted by molar-refractivity contribution is 5.85. The summed E-state index contributed by atoms with van der Waals surface area (Å²) in [5, 5.41) is 8.14. The zero-order valence-electron chi connectivity index (χ0n) is 14.3. The van der Waals surface area contributed by atoms with Gasteiger partial charge in [0.1, 0.15) is 0 Å². The van der Waals surface area contributed by atoms with Gasteiger partial charge < -0.3 is 10.3 Å². The zero-order chi connectivity index (χ0) is 18.5. The normalized spacial score (nSPS) is 15.9. The van der Waals surface area contributed by atoms with Gasteiger partial charge in [-0.15, -0.1) is 12.4 Å². The Morgan fingerprint density at radius 1 is 1.26 bits per heavy atom. The molecule has 1 aromatic carbocycles. The SMILES string of the molecule is Cc1c(-c2nc(C3(N)CCC3)no2)cnn1-c1cccc(C(F)(F)F)c1.Cl. The molecule has 2 heterocycles. The van der Waals surface area contributed by atoms with E-state index in [1.54, 1.807) is 13.0 Å². The summed E-state index contributed by atoms with van der Waals surface area (Å²) in [6.07, 6.45) is -0.299. The van der Waals surface area contributed by atoms with Crippen molar-refractivity contribution in [1.29, 1.82) is 0 Å². The van der Waals surface area contributed by atoms with Crippen LogP contribution in [0.2, 0.25) is 0 Å². The summed E-state index contributed by atoms with van der Waals surface area (Å²) in [7, 11) is 0. The first-order valence-electron chi connectivity index (χ1n) is 8.14. The molecule has 2 N–H and O–H groups in total. The Labute approximate surface area is 159 Å². The lowest BCUT2D eigenvalue weighted by molar-refractivity contribution is -0.137. The van der Waals surface area contributed by atoms with Gasteiger partial charge in [0.2, 0.25) is 0 Å². The number of hydrogen-bond acceptors (Lipinski definition) is 5. The highest BCUT2D eigenvalue weighted by Crippen LogP contribution is 2.38. The molecule has 2 aromatic heterocycles. The molecule has 0 unspecified atom stereocenters. The third kappa shape index (κ3) is 3.32. The molecule has 27 heavy (non-hydrogen) atoms. The predicted octanol–water partition coefficient (Wildman–Crippen LogP) is 4.01. The van der Waals surface area contributed by atoms with Crippen LogP contribution in [0.4, 0.5) is 13.2 Å². The van der Waals surface area contributed by atoms with Crippen LogP contribution < -0.4 is 5.73 Å². The van der Waals surface area contributed by atoms with Gasteiger partial charge in [-0.05, 0) is 44.4 Å². The van der Waals surface area contributed by atoms with E-state index in [0.29, 0.717) is 22.8 Å². The van der Waals surface area contributed by atoms with E-state index in [1.165, 1.54) is 16.9 Å². The van der Waals surface area contributed by atoms with Crippen LogP contribution in [0.3, 0.4) is 0 Å². The minimum atomic E-state index is -4.42. The third-order valence-electron chi connectivity index (χ3n) is 4.78. The molecule has 0 atom stereocenters. The fraction of sp³-hybridized carbons (Fsp3) is 0.353. The topological polar surface area (TPSA) is 82.8 Å². The van der Waals surface area contributed by atoms with Crippen LogP contribution in [-0.2, 0) is 11.7 Å². The molecule has 1 saturated carbocycles. The van der Waals surface area contributed by atoms with Crippen molar-refractivity contribution in [2.75, 3.05) is 0 Å². The number of hydrogen-bond donors (Lipinski definition) is 1. The predicted molar refractivity (Wildman–Crippen MR) is 93.6 cm³/mol. The summed E-state index contributed by atoms with van der Waals surface area (Å²) in [6, 6.07) is 4.97. The standard InChI is InChI=1S/C17H16F3N5O.ClH/c1-10-13(14-23-15(24-26-14)16(21)6-3-7-16)9-22-25(10)12-5-2-4-11(8-12)17(18,19)20;/h2,4-5,8-9H,3,6-7,21H2,1H3;1H. The number of alkyl halides is 3. The minimum Gasteiger partial charge on any atom is -0.334 e. The van der Waals surface area contributed by atoms with Crippen LogP contribution in [0, 0.1) is 6.92 Å². The molecule has 0 radical (unpaired) electrons. The van der Waals surface area contributed by atoms with Gasteiger partial charge >= 0.3 is 6.18 Å². The van der Waals surface area contributed by atoms with Crippen molar-refractivity contribution in [2.24, 2.45) is 5.73 Å². The molecule has 0 amide bonds. The summed E-state index contributed by atoms with van der Waals surface area (Å²) in [6.45, 7) is 1.73. The first kappa shape index (κ1) is 19.4. The van der Waals surface area contributed by atoms with Crippen molar-refractivity contribution in [3.05, 3.63) is 47.5 Å². The highest BCUT2D eigenvalue weighted by Gasteiger charge is 2.39. The van der Waals surface area contributed by atoms with E-state index < -0.39 is 17.3 Å². The maximum atomic E-state index is 12.9. The van der Waals surface area contributed by atoms with Crippen molar-refractivity contribution < 1.29 is 17.7 Å². The summed E-state index contributed by atoms with van der Waals surface area (Å²) in [5.41, 5.74) is 6.37. The van der Waals surface area contributed by atoms with Gasteiger partial charge in [0.05, 0.1) is 34.2 Å². The van der Waals surface area contributed by atoms with E-state index in [4.69, 9.17) is 10.3 Å². The maximum absolute atomic E-state index is 12.9. The Balaban J connectivity index is 0.00000210. The van der Waals surface area contributed by atoms with Crippen LogP contribution in [0.5, 0.6) is 0 Å². The van der Waals surface area contributed by atoms with Gasteiger partial charge in [-0.2, -0.15) is 23.3 Å². The first-order chi connectivity index (χ1) is 12.3. The van der Waals surface area contributed by atoms with Crippen LogP contribution >= 0.6 is 12.4 Å². The Hall–Kier alpha value is -2.39. The van der Waals surface area contributed by atoms with E-state index in [2.05, 4.69) is 15.2 Å². The molecular formula is C17H17ClF3N5O. The van der Waals surface area contributed by atoms with E-state index in [9.17, 15) is 13.2 Å². The molecular weight excluding hydrogens is 383 g/mol. The summed E-state index contributed by atoms with van der Waals surface area (Å²) in [4.78, 5) is 4.36. The van der Waals surface area contributed by atoms with Crippen molar-refractivity contribution in [2.45, 2.75) is 37.9 Å². The Bertz CT molecular complexity index is 962. The average Bonchev–Trinajstić information content (AvgIpc) is 3.19. The lowest BCUT2D eigenvalue weighted by Gasteiger charge is -2.34. The molecule has 6 nitrogen and oxygen atoms in total. The Morgan fingerprint density at radius 3 is 2.63 bits per heavy atom. The van der Waals surface area contributed by atoms with Gasteiger partial charge in [0.15, 0.2) is 5.82 Å². The van der Waals surface area contributed by atoms with E-state index in [0.717, 1.165) is 31.4 Å². The molecule has 144 valence electrons. The minimum absolute atomic E-state index is 0. The van der Waals surface area contributed by atoms with Gasteiger partial charge in [-0.1, -0.05) is 11.2 Å². The van der Waals surface area contributed by atoms with Crippen molar-refractivity contribution in [1.82, 2.24) is 19.9 Å². The van der Waals surface area contributed by atoms with Crippen LogP contribution in [0.15, 0.2) is 35.0 Å². The summed E-state index contributed by atoms with van der Waals surface area (Å²) >= 11 is 0. The molecule has 10 heteroatoms. The Kier molecular flexibility index (Phi) is 4.77. The van der Waals surface area contributed by atoms with Crippen LogP contribution in [-0.4, -0.2) is 19.9 Å². The molecule has 1 aliphatic carbocycles. The van der Waals surface area contributed by atoms with Crippen molar-refractivity contribution >= 4 is 12.4 Å². The molecule has 1 aliphatic rings. The quantitative estimate of drug-likeness (QED) is 0.719. The summed E-state index contributed by atoms with van der Waals surface area (Å²) < 4.78 is 45.5. The third-order valence-corrected chi connectivity index (χ3v) is 4.78. The molecule has 0 aliphatic heterocycles. The second-order valence-corrected chi connectivity index (χ2v) is 6.54. The lowest BCUT2D eigenvalue weighted by atomic mass is 9.77. The fourth-order valence-corrected chi connectivity index (χ4v) is 3.01. The molecule has 0 spiro atoms. The van der Waals surface area contributed by atoms with E-state index in [1.807, 2.05) is 0 Å². The van der Waals surface area contributed by atoms with Crippen LogP contribution in [0.25, 0.3) is 17.1 Å². The maximum Gasteiger partial charge on any atom is 0.416 e. The second kappa shape index (κ2) is 6.65. The molecule has 0 saturated heterocycles. The van der Waals surface area contributed by atoms with Gasteiger partial charge in [0.25, 0.3) is 5.89 Å².